The average Bonchev–Trinajstić information content (AvgIpc) is 2.76. The van der Waals surface area contributed by atoms with Gasteiger partial charge in [0.2, 0.25) is 0 Å². The van der Waals surface area contributed by atoms with Crippen molar-refractivity contribution in [3.63, 3.8) is 0 Å². The fourth-order valence-corrected chi connectivity index (χ4v) is 1.76. The molecule has 1 heterocycles. The number of aromatic nitrogens is 3. The number of hydrogen-bond acceptors (Lipinski definition) is 3. The lowest BCUT2D eigenvalue weighted by atomic mass is 10.0. The Labute approximate surface area is 105 Å². The van der Waals surface area contributed by atoms with Gasteiger partial charge in [-0.25, -0.2) is 4.68 Å². The van der Waals surface area contributed by atoms with Gasteiger partial charge in [0.1, 0.15) is 6.54 Å². The van der Waals surface area contributed by atoms with E-state index in [1.165, 1.54) is 10.2 Å². The minimum Gasteiger partial charge on any atom is -0.480 e. The summed E-state index contributed by atoms with van der Waals surface area (Å²) in [6.45, 7) is 4.08. The molecule has 0 fully saturated rings. The van der Waals surface area contributed by atoms with Gasteiger partial charge in [-0.05, 0) is 11.5 Å². The summed E-state index contributed by atoms with van der Waals surface area (Å²) in [4.78, 5) is 10.7. The molecular weight excluding hydrogens is 230 g/mol. The Kier molecular flexibility index (Phi) is 3.41. The van der Waals surface area contributed by atoms with Gasteiger partial charge >= 0.3 is 5.97 Å². The van der Waals surface area contributed by atoms with Gasteiger partial charge in [0.05, 0.1) is 11.9 Å². The summed E-state index contributed by atoms with van der Waals surface area (Å²) >= 11 is 0. The highest BCUT2D eigenvalue weighted by molar-refractivity contribution is 5.68. The van der Waals surface area contributed by atoms with Crippen LogP contribution in [0.3, 0.4) is 0 Å². The first-order valence-electron chi connectivity index (χ1n) is 5.78. The van der Waals surface area contributed by atoms with Gasteiger partial charge in [0.25, 0.3) is 0 Å². The zero-order valence-corrected chi connectivity index (χ0v) is 10.4. The van der Waals surface area contributed by atoms with Crippen LogP contribution in [0.4, 0.5) is 0 Å². The topological polar surface area (TPSA) is 68.0 Å². The molecule has 0 saturated carbocycles. The number of carboxylic acid groups (broad SMARTS) is 1. The van der Waals surface area contributed by atoms with E-state index in [2.05, 4.69) is 24.2 Å². The van der Waals surface area contributed by atoms with Gasteiger partial charge in [0, 0.05) is 5.56 Å². The van der Waals surface area contributed by atoms with Crippen molar-refractivity contribution in [2.45, 2.75) is 26.3 Å². The lowest BCUT2D eigenvalue weighted by Gasteiger charge is -2.07. The molecule has 0 unspecified atom stereocenters. The molecular formula is C13H15N3O2. The van der Waals surface area contributed by atoms with Crippen LogP contribution in [0.5, 0.6) is 0 Å². The van der Waals surface area contributed by atoms with Crippen molar-refractivity contribution in [3.05, 3.63) is 36.0 Å². The molecule has 1 aromatic carbocycles. The van der Waals surface area contributed by atoms with Crippen LogP contribution < -0.4 is 0 Å². The third-order valence-electron chi connectivity index (χ3n) is 2.78. The Morgan fingerprint density at radius 3 is 2.56 bits per heavy atom. The predicted octanol–water partition coefficient (Wildman–Crippen LogP) is 2.15. The number of rotatable bonds is 4. The number of hydrogen-bond donors (Lipinski definition) is 1. The molecule has 1 aromatic heterocycles. The summed E-state index contributed by atoms with van der Waals surface area (Å²) in [5.41, 5.74) is 2.88. The monoisotopic (exact) mass is 245 g/mol. The molecule has 94 valence electrons. The van der Waals surface area contributed by atoms with Crippen LogP contribution in [-0.4, -0.2) is 26.1 Å². The van der Waals surface area contributed by atoms with Crippen molar-refractivity contribution in [2.75, 3.05) is 0 Å². The molecule has 0 aliphatic rings. The van der Waals surface area contributed by atoms with E-state index in [9.17, 15) is 4.79 Å². The van der Waals surface area contributed by atoms with Gasteiger partial charge < -0.3 is 5.11 Å². The molecule has 5 heteroatoms. The summed E-state index contributed by atoms with van der Waals surface area (Å²) in [6, 6.07) is 8.01. The second-order valence-electron chi connectivity index (χ2n) is 4.45. The molecule has 5 nitrogen and oxygen atoms in total. The second-order valence-corrected chi connectivity index (χ2v) is 4.45. The van der Waals surface area contributed by atoms with Gasteiger partial charge in [-0.15, -0.1) is 5.10 Å². The Hall–Kier alpha value is -2.17. The minimum absolute atomic E-state index is 0.179. The molecule has 0 aliphatic heterocycles. The van der Waals surface area contributed by atoms with Crippen LogP contribution in [0.25, 0.3) is 11.3 Å². The zero-order valence-electron chi connectivity index (χ0n) is 10.4. The fourth-order valence-electron chi connectivity index (χ4n) is 1.76. The standard InChI is InChI=1S/C13H15N3O2/c1-9(2)10-3-5-11(6-4-10)12-7-14-15-16(12)8-13(17)18/h3-7,9H,8H2,1-2H3,(H,17,18). The van der Waals surface area contributed by atoms with Gasteiger partial charge in [-0.1, -0.05) is 43.3 Å². The summed E-state index contributed by atoms with van der Waals surface area (Å²) in [6.07, 6.45) is 1.58. The third-order valence-corrected chi connectivity index (χ3v) is 2.78. The first-order chi connectivity index (χ1) is 8.58. The van der Waals surface area contributed by atoms with Crippen molar-refractivity contribution < 1.29 is 9.90 Å². The van der Waals surface area contributed by atoms with E-state index >= 15 is 0 Å². The Morgan fingerprint density at radius 1 is 1.33 bits per heavy atom. The Morgan fingerprint density at radius 2 is 2.00 bits per heavy atom. The zero-order chi connectivity index (χ0) is 13.1. The normalized spacial score (nSPS) is 10.8. The lowest BCUT2D eigenvalue weighted by Crippen LogP contribution is -2.11. The number of nitrogens with zero attached hydrogens (tertiary/aromatic N) is 3. The SMILES string of the molecule is CC(C)c1ccc(-c2cnnn2CC(=O)O)cc1. The second kappa shape index (κ2) is 5.00. The Balaban J connectivity index is 2.31. The smallest absolute Gasteiger partial charge is 0.325 e. The van der Waals surface area contributed by atoms with Crippen molar-refractivity contribution in [1.82, 2.24) is 15.0 Å². The van der Waals surface area contributed by atoms with E-state index in [0.717, 1.165) is 5.56 Å². The third kappa shape index (κ3) is 2.56. The predicted molar refractivity (Wildman–Crippen MR) is 67.2 cm³/mol. The van der Waals surface area contributed by atoms with E-state index in [-0.39, 0.29) is 6.54 Å². The Bertz CT molecular complexity index is 544. The molecule has 2 rings (SSSR count). The first-order valence-corrected chi connectivity index (χ1v) is 5.78. The molecule has 0 radical (unpaired) electrons. The molecule has 0 amide bonds. The molecule has 1 N–H and O–H groups in total. The molecule has 0 aliphatic carbocycles. The van der Waals surface area contributed by atoms with Crippen LogP contribution in [0.2, 0.25) is 0 Å². The van der Waals surface area contributed by atoms with Gasteiger partial charge in [-0.2, -0.15) is 0 Å². The maximum atomic E-state index is 10.7. The van der Waals surface area contributed by atoms with Crippen LogP contribution in [0.1, 0.15) is 25.3 Å². The van der Waals surface area contributed by atoms with E-state index in [1.807, 2.05) is 24.3 Å². The first kappa shape index (κ1) is 12.3. The molecule has 0 saturated heterocycles. The van der Waals surface area contributed by atoms with Crippen LogP contribution in [0.15, 0.2) is 30.5 Å². The molecule has 0 atom stereocenters. The van der Waals surface area contributed by atoms with Crippen molar-refractivity contribution >= 4 is 5.97 Å². The number of carbonyl (C=O) groups is 1. The lowest BCUT2D eigenvalue weighted by molar-refractivity contribution is -0.137. The summed E-state index contributed by atoms with van der Waals surface area (Å²) in [5, 5.41) is 16.3. The van der Waals surface area contributed by atoms with E-state index in [4.69, 9.17) is 5.11 Å². The fraction of sp³-hybridized carbons (Fsp3) is 0.308. The number of carboxylic acids is 1. The van der Waals surface area contributed by atoms with Gasteiger partial charge in [-0.3, -0.25) is 4.79 Å². The highest BCUT2D eigenvalue weighted by Gasteiger charge is 2.09. The van der Waals surface area contributed by atoms with Crippen molar-refractivity contribution in [1.29, 1.82) is 0 Å². The molecule has 2 aromatic rings. The van der Waals surface area contributed by atoms with Crippen LogP contribution in [0, 0.1) is 0 Å². The molecule has 0 spiro atoms. The number of benzene rings is 1. The maximum absolute atomic E-state index is 10.7. The maximum Gasteiger partial charge on any atom is 0.325 e. The average molecular weight is 245 g/mol. The largest absolute Gasteiger partial charge is 0.480 e. The van der Waals surface area contributed by atoms with Crippen LogP contribution >= 0.6 is 0 Å². The minimum atomic E-state index is -0.930. The van der Waals surface area contributed by atoms with E-state index in [1.54, 1.807) is 6.20 Å². The summed E-state index contributed by atoms with van der Waals surface area (Å²) < 4.78 is 1.38. The highest BCUT2D eigenvalue weighted by Crippen LogP contribution is 2.21. The number of aliphatic carboxylic acids is 1. The molecule has 18 heavy (non-hydrogen) atoms. The quantitative estimate of drug-likeness (QED) is 0.896. The van der Waals surface area contributed by atoms with Crippen molar-refractivity contribution in [2.24, 2.45) is 0 Å². The van der Waals surface area contributed by atoms with Crippen molar-refractivity contribution in [3.8, 4) is 11.3 Å². The van der Waals surface area contributed by atoms with E-state index in [0.29, 0.717) is 11.6 Å². The summed E-state index contributed by atoms with van der Waals surface area (Å²) in [5.74, 6) is -0.457. The van der Waals surface area contributed by atoms with E-state index < -0.39 is 5.97 Å². The van der Waals surface area contributed by atoms with Gasteiger partial charge in [0.15, 0.2) is 0 Å². The van der Waals surface area contributed by atoms with Crippen LogP contribution in [-0.2, 0) is 11.3 Å². The summed E-state index contributed by atoms with van der Waals surface area (Å²) in [7, 11) is 0. The highest BCUT2D eigenvalue weighted by atomic mass is 16.4. The molecule has 0 bridgehead atoms.